The number of fused-ring (bicyclic) bond motifs is 1. The first-order chi connectivity index (χ1) is 17.0. The van der Waals surface area contributed by atoms with Gasteiger partial charge in [0.25, 0.3) is 5.91 Å². The number of amides is 1. The number of nitrogens with zero attached hydrogens (tertiary/aromatic N) is 1. The van der Waals surface area contributed by atoms with Crippen molar-refractivity contribution < 1.29 is 27.4 Å². The van der Waals surface area contributed by atoms with Gasteiger partial charge >= 0.3 is 0 Å². The lowest BCUT2D eigenvalue weighted by molar-refractivity contribution is 0.102. The lowest BCUT2D eigenvalue weighted by atomic mass is 10.2. The first-order valence-corrected chi connectivity index (χ1v) is 12.8. The van der Waals surface area contributed by atoms with Crippen molar-refractivity contribution in [2.75, 3.05) is 38.8 Å². The summed E-state index contributed by atoms with van der Waals surface area (Å²) in [4.78, 5) is 13.0. The predicted octanol–water partition coefficient (Wildman–Crippen LogP) is 3.94. The van der Waals surface area contributed by atoms with Crippen molar-refractivity contribution in [3.05, 3.63) is 83.9 Å². The van der Waals surface area contributed by atoms with Crippen molar-refractivity contribution in [1.29, 1.82) is 0 Å². The fraction of sp³-hybridized carbons (Fsp3) is 0.269. The second-order valence-electron chi connectivity index (χ2n) is 8.01. The third-order valence-electron chi connectivity index (χ3n) is 5.49. The molecule has 3 aromatic rings. The minimum Gasteiger partial charge on any atom is -0.490 e. The van der Waals surface area contributed by atoms with E-state index in [1.807, 2.05) is 30.3 Å². The third kappa shape index (κ3) is 6.19. The number of hydrogen-bond acceptors (Lipinski definition) is 6. The Labute approximate surface area is 205 Å². The molecule has 0 saturated heterocycles. The summed E-state index contributed by atoms with van der Waals surface area (Å²) in [5, 5.41) is 2.81. The van der Waals surface area contributed by atoms with Crippen LogP contribution in [0.2, 0.25) is 0 Å². The van der Waals surface area contributed by atoms with Gasteiger partial charge in [0.15, 0.2) is 11.5 Å². The molecule has 3 aromatic carbocycles. The lowest BCUT2D eigenvalue weighted by Gasteiger charge is -2.22. The van der Waals surface area contributed by atoms with E-state index in [0.29, 0.717) is 30.4 Å². The Balaban J connectivity index is 1.54. The Morgan fingerprint density at radius 3 is 2.51 bits per heavy atom. The Morgan fingerprint density at radius 1 is 0.971 bits per heavy atom. The molecule has 0 spiro atoms. The number of ether oxygens (including phenoxy) is 3. The average Bonchev–Trinajstić information content (AvgIpc) is 3.12. The molecule has 1 aliphatic heterocycles. The Morgan fingerprint density at radius 2 is 1.74 bits per heavy atom. The molecule has 1 amide bonds. The first-order valence-electron chi connectivity index (χ1n) is 11.3. The van der Waals surface area contributed by atoms with Crippen molar-refractivity contribution >= 4 is 21.6 Å². The number of rotatable bonds is 9. The average molecular weight is 497 g/mol. The van der Waals surface area contributed by atoms with Gasteiger partial charge in [-0.05, 0) is 35.9 Å². The van der Waals surface area contributed by atoms with Gasteiger partial charge in [0.1, 0.15) is 0 Å². The highest BCUT2D eigenvalue weighted by molar-refractivity contribution is 7.89. The normalized spacial score (nSPS) is 13.3. The summed E-state index contributed by atoms with van der Waals surface area (Å²) >= 11 is 0. The van der Waals surface area contributed by atoms with E-state index in [2.05, 4.69) is 5.32 Å². The number of benzene rings is 3. The minimum atomic E-state index is -3.88. The summed E-state index contributed by atoms with van der Waals surface area (Å²) in [5.41, 5.74) is 1.61. The molecule has 0 aromatic heterocycles. The predicted molar refractivity (Wildman–Crippen MR) is 132 cm³/mol. The number of carbonyl (C=O) groups is 1. The molecule has 0 radical (unpaired) electrons. The Bertz CT molecular complexity index is 1260. The van der Waals surface area contributed by atoms with Crippen molar-refractivity contribution in [2.45, 2.75) is 17.9 Å². The van der Waals surface area contributed by atoms with Crippen LogP contribution in [0.25, 0.3) is 0 Å². The van der Waals surface area contributed by atoms with Gasteiger partial charge in [0, 0.05) is 43.9 Å². The molecule has 0 saturated carbocycles. The zero-order valence-electron chi connectivity index (χ0n) is 19.5. The van der Waals surface area contributed by atoms with Crippen LogP contribution in [0.4, 0.5) is 5.69 Å². The zero-order chi connectivity index (χ0) is 24.7. The number of methoxy groups -OCH3 is 1. The molecule has 35 heavy (non-hydrogen) atoms. The molecule has 4 rings (SSSR count). The van der Waals surface area contributed by atoms with Crippen LogP contribution in [0, 0.1) is 0 Å². The van der Waals surface area contributed by atoms with Crippen LogP contribution in [-0.4, -0.2) is 52.1 Å². The number of nitrogens with one attached hydrogen (secondary N) is 1. The monoisotopic (exact) mass is 496 g/mol. The largest absolute Gasteiger partial charge is 0.490 e. The molecule has 1 heterocycles. The van der Waals surface area contributed by atoms with E-state index in [9.17, 15) is 13.2 Å². The van der Waals surface area contributed by atoms with Gasteiger partial charge in [0.2, 0.25) is 10.0 Å². The smallest absolute Gasteiger partial charge is 0.255 e. The maximum absolute atomic E-state index is 13.5. The summed E-state index contributed by atoms with van der Waals surface area (Å²) in [5.74, 6) is 0.762. The van der Waals surface area contributed by atoms with E-state index >= 15 is 0 Å². The third-order valence-corrected chi connectivity index (χ3v) is 7.33. The van der Waals surface area contributed by atoms with Gasteiger partial charge < -0.3 is 19.5 Å². The van der Waals surface area contributed by atoms with E-state index in [-0.39, 0.29) is 30.2 Å². The summed E-state index contributed by atoms with van der Waals surface area (Å²) in [6.07, 6.45) is 0.781. The van der Waals surface area contributed by atoms with Crippen molar-refractivity contribution in [3.8, 4) is 11.5 Å². The molecule has 0 atom stereocenters. The molecule has 184 valence electrons. The van der Waals surface area contributed by atoms with E-state index in [1.54, 1.807) is 30.3 Å². The van der Waals surface area contributed by atoms with Crippen LogP contribution in [0.1, 0.15) is 22.3 Å². The van der Waals surface area contributed by atoms with Crippen LogP contribution in [-0.2, 0) is 21.3 Å². The second-order valence-corrected chi connectivity index (χ2v) is 9.95. The number of sulfonamides is 1. The van der Waals surface area contributed by atoms with E-state index < -0.39 is 15.9 Å². The first kappa shape index (κ1) is 24.7. The van der Waals surface area contributed by atoms with E-state index in [0.717, 1.165) is 12.0 Å². The summed E-state index contributed by atoms with van der Waals surface area (Å²) in [6.45, 7) is 1.73. The van der Waals surface area contributed by atoms with Gasteiger partial charge in [-0.2, -0.15) is 4.31 Å². The molecular formula is C26H28N2O6S. The fourth-order valence-corrected chi connectivity index (χ4v) is 5.11. The molecule has 1 N–H and O–H groups in total. The van der Waals surface area contributed by atoms with Gasteiger partial charge in [-0.15, -0.1) is 0 Å². The number of hydrogen-bond donors (Lipinski definition) is 1. The maximum atomic E-state index is 13.5. The van der Waals surface area contributed by atoms with Gasteiger partial charge in [-0.3, -0.25) is 4.79 Å². The standard InChI is InChI=1S/C26H28N2O6S/c1-32-16-13-28(19-20-7-3-2-4-8-20)35(30,31)23-10-5-9-21(17-23)26(29)27-22-11-12-24-25(18-22)34-15-6-14-33-24/h2-5,7-12,17-18H,6,13-16,19H2,1H3,(H,27,29). The molecule has 9 heteroatoms. The number of carbonyl (C=O) groups excluding carboxylic acids is 1. The Kier molecular flexibility index (Phi) is 8.02. The van der Waals surface area contributed by atoms with Crippen LogP contribution in [0.15, 0.2) is 77.7 Å². The van der Waals surface area contributed by atoms with Gasteiger partial charge in [-0.1, -0.05) is 36.4 Å². The van der Waals surface area contributed by atoms with Crippen molar-refractivity contribution in [1.82, 2.24) is 4.31 Å². The van der Waals surface area contributed by atoms with E-state index in [1.165, 1.54) is 23.5 Å². The van der Waals surface area contributed by atoms with Crippen LogP contribution < -0.4 is 14.8 Å². The van der Waals surface area contributed by atoms with Crippen molar-refractivity contribution in [3.63, 3.8) is 0 Å². The fourth-order valence-electron chi connectivity index (χ4n) is 3.66. The quantitative estimate of drug-likeness (QED) is 0.482. The van der Waals surface area contributed by atoms with Crippen LogP contribution in [0.5, 0.6) is 11.5 Å². The number of anilines is 1. The lowest BCUT2D eigenvalue weighted by Crippen LogP contribution is -2.33. The molecule has 0 aliphatic carbocycles. The Hall–Kier alpha value is -3.40. The van der Waals surface area contributed by atoms with Gasteiger partial charge in [0.05, 0.1) is 24.7 Å². The summed E-state index contributed by atoms with van der Waals surface area (Å²) in [6, 6.07) is 20.5. The molecular weight excluding hydrogens is 468 g/mol. The van der Waals surface area contributed by atoms with Gasteiger partial charge in [-0.25, -0.2) is 8.42 Å². The maximum Gasteiger partial charge on any atom is 0.255 e. The minimum absolute atomic E-state index is 0.0378. The summed E-state index contributed by atoms with van der Waals surface area (Å²) < 4.78 is 44.7. The second kappa shape index (κ2) is 11.4. The van der Waals surface area contributed by atoms with E-state index in [4.69, 9.17) is 14.2 Å². The molecule has 0 bridgehead atoms. The zero-order valence-corrected chi connectivity index (χ0v) is 20.3. The van der Waals surface area contributed by atoms with Crippen molar-refractivity contribution in [2.24, 2.45) is 0 Å². The molecule has 0 unspecified atom stereocenters. The molecule has 1 aliphatic rings. The molecule has 0 fully saturated rings. The topological polar surface area (TPSA) is 94.2 Å². The SMILES string of the molecule is COCCN(Cc1ccccc1)S(=O)(=O)c1cccc(C(=O)Nc2ccc3c(c2)OCCCO3)c1. The van der Waals surface area contributed by atoms with Crippen LogP contribution >= 0.6 is 0 Å². The highest BCUT2D eigenvalue weighted by Crippen LogP contribution is 2.32. The molecule has 8 nitrogen and oxygen atoms in total. The highest BCUT2D eigenvalue weighted by Gasteiger charge is 2.25. The van der Waals surface area contributed by atoms with Crippen LogP contribution in [0.3, 0.4) is 0 Å². The highest BCUT2D eigenvalue weighted by atomic mass is 32.2. The summed E-state index contributed by atoms with van der Waals surface area (Å²) in [7, 11) is -2.35.